The third kappa shape index (κ3) is 1.55. The fourth-order valence-corrected chi connectivity index (χ4v) is 1.37. The zero-order valence-corrected chi connectivity index (χ0v) is 6.29. The van der Waals surface area contributed by atoms with Crippen LogP contribution in [0.1, 0.15) is 12.8 Å². The van der Waals surface area contributed by atoms with Gasteiger partial charge in [-0.1, -0.05) is 0 Å². The zero-order valence-electron chi connectivity index (χ0n) is 6.29. The number of carbonyl (C=O) groups is 1. The summed E-state index contributed by atoms with van der Waals surface area (Å²) in [6.45, 7) is 0.851. The summed E-state index contributed by atoms with van der Waals surface area (Å²) in [6, 6.07) is 0.376. The van der Waals surface area contributed by atoms with Crippen molar-refractivity contribution in [3.63, 3.8) is 0 Å². The van der Waals surface area contributed by atoms with Gasteiger partial charge in [-0.05, 0) is 19.9 Å². The minimum atomic E-state index is 0.111. The monoisotopic (exact) mass is 142 g/mol. The molecule has 3 heteroatoms. The van der Waals surface area contributed by atoms with Crippen molar-refractivity contribution < 1.29 is 4.79 Å². The molecule has 1 aliphatic rings. The minimum Gasteiger partial charge on any atom is -0.327 e. The molecule has 58 valence electrons. The number of likely N-dealkylation sites (N-methyl/N-ethyl adjacent to an activating group) is 1. The molecule has 1 saturated heterocycles. The highest BCUT2D eigenvalue weighted by atomic mass is 16.1. The Morgan fingerprint density at radius 1 is 1.60 bits per heavy atom. The number of piperidine rings is 1. The quantitative estimate of drug-likeness (QED) is 0.507. The summed E-state index contributed by atoms with van der Waals surface area (Å²) >= 11 is 0. The number of aldehydes is 1. The van der Waals surface area contributed by atoms with Crippen LogP contribution in [0.2, 0.25) is 0 Å². The zero-order chi connectivity index (χ0) is 7.56. The molecule has 0 aliphatic carbocycles. The molecule has 2 unspecified atom stereocenters. The van der Waals surface area contributed by atoms with Crippen LogP contribution in [0.3, 0.4) is 0 Å². The van der Waals surface area contributed by atoms with Crippen molar-refractivity contribution in [2.75, 3.05) is 13.6 Å². The predicted molar refractivity (Wildman–Crippen MR) is 39.7 cm³/mol. The molecule has 10 heavy (non-hydrogen) atoms. The number of rotatable bonds is 1. The fourth-order valence-electron chi connectivity index (χ4n) is 1.37. The van der Waals surface area contributed by atoms with E-state index in [9.17, 15) is 4.79 Å². The average Bonchev–Trinajstić information content (AvgIpc) is 1.88. The van der Waals surface area contributed by atoms with Crippen molar-refractivity contribution in [3.05, 3.63) is 0 Å². The summed E-state index contributed by atoms with van der Waals surface area (Å²) < 4.78 is 0. The third-order valence-corrected chi connectivity index (χ3v) is 2.08. The molecule has 1 rings (SSSR count). The first-order valence-electron chi connectivity index (χ1n) is 3.65. The van der Waals surface area contributed by atoms with Gasteiger partial charge in [-0.15, -0.1) is 0 Å². The Hall–Kier alpha value is -0.410. The molecule has 0 bridgehead atoms. The van der Waals surface area contributed by atoms with Crippen LogP contribution in [-0.4, -0.2) is 36.9 Å². The minimum absolute atomic E-state index is 0.111. The van der Waals surface area contributed by atoms with E-state index >= 15 is 0 Å². The van der Waals surface area contributed by atoms with E-state index in [2.05, 4.69) is 0 Å². The number of nitrogens with two attached hydrogens (primary N) is 1. The first-order chi connectivity index (χ1) is 4.74. The lowest BCUT2D eigenvalue weighted by Gasteiger charge is -2.32. The molecule has 1 heterocycles. The summed E-state index contributed by atoms with van der Waals surface area (Å²) in [7, 11) is 1.94. The van der Waals surface area contributed by atoms with Crippen LogP contribution in [0.15, 0.2) is 0 Å². The number of nitrogens with zero attached hydrogens (tertiary/aromatic N) is 1. The first-order valence-corrected chi connectivity index (χ1v) is 3.65. The van der Waals surface area contributed by atoms with E-state index < -0.39 is 0 Å². The van der Waals surface area contributed by atoms with Gasteiger partial charge in [0.05, 0.1) is 6.04 Å². The van der Waals surface area contributed by atoms with Gasteiger partial charge >= 0.3 is 0 Å². The van der Waals surface area contributed by atoms with Gasteiger partial charge in [0.15, 0.2) is 0 Å². The van der Waals surface area contributed by atoms with Crippen molar-refractivity contribution in [2.24, 2.45) is 5.73 Å². The second kappa shape index (κ2) is 3.12. The molecule has 0 aromatic carbocycles. The largest absolute Gasteiger partial charge is 0.327 e. The molecule has 1 aliphatic heterocycles. The van der Waals surface area contributed by atoms with Crippen LogP contribution in [0.5, 0.6) is 0 Å². The topological polar surface area (TPSA) is 46.3 Å². The lowest BCUT2D eigenvalue weighted by atomic mass is 10.0. The molecular weight excluding hydrogens is 128 g/mol. The van der Waals surface area contributed by atoms with E-state index in [1.807, 2.05) is 11.9 Å². The molecule has 0 radical (unpaired) electrons. The van der Waals surface area contributed by atoms with Gasteiger partial charge in [0, 0.05) is 12.6 Å². The Labute approximate surface area is 61.2 Å². The van der Waals surface area contributed by atoms with Gasteiger partial charge in [-0.3, -0.25) is 4.90 Å². The molecule has 3 nitrogen and oxygen atoms in total. The van der Waals surface area contributed by atoms with Gasteiger partial charge < -0.3 is 10.5 Å². The summed E-state index contributed by atoms with van der Waals surface area (Å²) in [5, 5.41) is 0. The number of hydrogen-bond donors (Lipinski definition) is 1. The van der Waals surface area contributed by atoms with E-state index in [1.54, 1.807) is 0 Å². The predicted octanol–water partition coefficient (Wildman–Crippen LogP) is -0.393. The summed E-state index contributed by atoms with van der Waals surface area (Å²) in [4.78, 5) is 12.4. The highest BCUT2D eigenvalue weighted by molar-refractivity contribution is 5.57. The van der Waals surface area contributed by atoms with E-state index in [-0.39, 0.29) is 12.1 Å². The fraction of sp³-hybridized carbons (Fsp3) is 0.857. The molecule has 0 spiro atoms. The molecular formula is C7H14N2O. The maximum atomic E-state index is 10.4. The second-order valence-corrected chi connectivity index (χ2v) is 2.98. The standard InChI is InChI=1S/C7H14N2O/c1-9-4-6(8)2-3-7(9)5-10/h5-7H,2-4,8H2,1H3. The van der Waals surface area contributed by atoms with Crippen LogP contribution in [0.4, 0.5) is 0 Å². The maximum Gasteiger partial charge on any atom is 0.137 e. The van der Waals surface area contributed by atoms with Crippen molar-refractivity contribution in [1.82, 2.24) is 4.90 Å². The normalized spacial score (nSPS) is 35.8. The van der Waals surface area contributed by atoms with E-state index in [1.165, 1.54) is 0 Å². The maximum absolute atomic E-state index is 10.4. The van der Waals surface area contributed by atoms with Crippen molar-refractivity contribution in [1.29, 1.82) is 0 Å². The highest BCUT2D eigenvalue weighted by Crippen LogP contribution is 2.11. The Balaban J connectivity index is 2.43. The molecule has 1 fully saturated rings. The summed E-state index contributed by atoms with van der Waals surface area (Å²) in [6.07, 6.45) is 2.90. The Bertz CT molecular complexity index is 127. The number of carbonyl (C=O) groups excluding carboxylic acids is 1. The smallest absolute Gasteiger partial charge is 0.137 e. The van der Waals surface area contributed by atoms with Crippen molar-refractivity contribution in [2.45, 2.75) is 24.9 Å². The second-order valence-electron chi connectivity index (χ2n) is 2.98. The summed E-state index contributed by atoms with van der Waals surface area (Å²) in [5.74, 6) is 0. The average molecular weight is 142 g/mol. The Kier molecular flexibility index (Phi) is 2.40. The van der Waals surface area contributed by atoms with Crippen LogP contribution < -0.4 is 5.73 Å². The first kappa shape index (κ1) is 7.69. The highest BCUT2D eigenvalue weighted by Gasteiger charge is 2.22. The van der Waals surface area contributed by atoms with Crippen LogP contribution in [0, 0.1) is 0 Å². The Morgan fingerprint density at radius 3 is 2.80 bits per heavy atom. The third-order valence-electron chi connectivity index (χ3n) is 2.08. The van der Waals surface area contributed by atoms with Crippen molar-refractivity contribution in [3.8, 4) is 0 Å². The SMILES string of the molecule is CN1CC(N)CCC1C=O. The van der Waals surface area contributed by atoms with E-state index in [4.69, 9.17) is 5.73 Å². The van der Waals surface area contributed by atoms with Crippen LogP contribution >= 0.6 is 0 Å². The van der Waals surface area contributed by atoms with Gasteiger partial charge in [-0.25, -0.2) is 0 Å². The Morgan fingerprint density at radius 2 is 2.30 bits per heavy atom. The van der Waals surface area contributed by atoms with E-state index in [0.29, 0.717) is 0 Å². The van der Waals surface area contributed by atoms with Crippen LogP contribution in [-0.2, 0) is 4.79 Å². The van der Waals surface area contributed by atoms with Gasteiger partial charge in [0.1, 0.15) is 6.29 Å². The van der Waals surface area contributed by atoms with Gasteiger partial charge in [0.25, 0.3) is 0 Å². The van der Waals surface area contributed by atoms with Gasteiger partial charge in [-0.2, -0.15) is 0 Å². The molecule has 0 saturated carbocycles. The lowest BCUT2D eigenvalue weighted by molar-refractivity contribution is -0.113. The van der Waals surface area contributed by atoms with Crippen molar-refractivity contribution >= 4 is 6.29 Å². The van der Waals surface area contributed by atoms with Gasteiger partial charge in [0.2, 0.25) is 0 Å². The van der Waals surface area contributed by atoms with E-state index in [0.717, 1.165) is 25.7 Å². The molecule has 0 amide bonds. The summed E-state index contributed by atoms with van der Waals surface area (Å²) in [5.41, 5.74) is 5.68. The molecule has 2 N–H and O–H groups in total. The molecule has 2 atom stereocenters. The number of hydrogen-bond acceptors (Lipinski definition) is 3. The van der Waals surface area contributed by atoms with Crippen LogP contribution in [0.25, 0.3) is 0 Å². The lowest BCUT2D eigenvalue weighted by Crippen LogP contribution is -2.47. The molecule has 0 aromatic rings. The molecule has 0 aromatic heterocycles. The number of likely N-dealkylation sites (tertiary alicyclic amines) is 1.